The summed E-state index contributed by atoms with van der Waals surface area (Å²) in [5, 5.41) is 8.00. The zero-order valence-corrected chi connectivity index (χ0v) is 17.8. The lowest BCUT2D eigenvalue weighted by atomic mass is 10.2. The van der Waals surface area contributed by atoms with Crippen LogP contribution in [0.5, 0.6) is 5.88 Å². The van der Waals surface area contributed by atoms with Crippen molar-refractivity contribution >= 4 is 23.2 Å². The third kappa shape index (κ3) is 5.32. The van der Waals surface area contributed by atoms with Gasteiger partial charge in [0.1, 0.15) is 12.2 Å². The number of carbonyl (C=O) groups is 1. The number of anilines is 1. The smallest absolute Gasteiger partial charge is 0.262 e. The first-order chi connectivity index (χ1) is 15.1. The Morgan fingerprint density at radius 1 is 1.00 bits per heavy atom. The van der Waals surface area contributed by atoms with Crippen LogP contribution in [0.2, 0.25) is 5.02 Å². The van der Waals surface area contributed by atoms with Gasteiger partial charge in [0.15, 0.2) is 0 Å². The number of halogens is 1. The van der Waals surface area contributed by atoms with Crippen LogP contribution >= 0.6 is 11.6 Å². The van der Waals surface area contributed by atoms with E-state index in [9.17, 15) is 4.79 Å². The van der Waals surface area contributed by atoms with Crippen LogP contribution in [0, 0.1) is 6.92 Å². The van der Waals surface area contributed by atoms with Crippen molar-refractivity contribution in [2.75, 3.05) is 5.32 Å². The predicted molar refractivity (Wildman–Crippen MR) is 123 cm³/mol. The first-order valence-corrected chi connectivity index (χ1v) is 10.3. The molecule has 3 aromatic carbocycles. The maximum absolute atomic E-state index is 13.0. The van der Waals surface area contributed by atoms with Gasteiger partial charge >= 0.3 is 0 Å². The normalized spacial score (nSPS) is 10.6. The van der Waals surface area contributed by atoms with E-state index in [0.29, 0.717) is 29.4 Å². The van der Waals surface area contributed by atoms with E-state index in [1.54, 1.807) is 16.9 Å². The van der Waals surface area contributed by atoms with Gasteiger partial charge in [-0.1, -0.05) is 78.3 Å². The Labute approximate surface area is 186 Å². The number of carbonyl (C=O) groups excluding carboxylic acids is 1. The zero-order chi connectivity index (χ0) is 21.6. The maximum atomic E-state index is 13.0. The van der Waals surface area contributed by atoms with Crippen LogP contribution in [0.3, 0.4) is 0 Å². The lowest BCUT2D eigenvalue weighted by molar-refractivity contribution is 0.102. The SMILES string of the molecule is Cc1ccc(NC(=O)c2cn(Cc3ccccc3)nc2OCc2ccccc2)cc1Cl. The zero-order valence-electron chi connectivity index (χ0n) is 17.1. The summed E-state index contributed by atoms with van der Waals surface area (Å²) in [5.41, 5.74) is 4.00. The molecule has 0 aliphatic carbocycles. The summed E-state index contributed by atoms with van der Waals surface area (Å²) in [7, 11) is 0. The first-order valence-electron chi connectivity index (χ1n) is 9.94. The van der Waals surface area contributed by atoms with Gasteiger partial charge in [0.2, 0.25) is 5.88 Å². The fraction of sp³-hybridized carbons (Fsp3) is 0.120. The highest BCUT2D eigenvalue weighted by Crippen LogP contribution is 2.23. The number of amides is 1. The van der Waals surface area contributed by atoms with Gasteiger partial charge < -0.3 is 10.1 Å². The van der Waals surface area contributed by atoms with Gasteiger partial charge in [-0.15, -0.1) is 5.10 Å². The number of hydrogen-bond donors (Lipinski definition) is 1. The van der Waals surface area contributed by atoms with Crippen LogP contribution in [-0.2, 0) is 13.2 Å². The topological polar surface area (TPSA) is 56.2 Å². The summed E-state index contributed by atoms with van der Waals surface area (Å²) in [6, 6.07) is 25.1. The monoisotopic (exact) mass is 431 g/mol. The average molecular weight is 432 g/mol. The molecule has 0 bridgehead atoms. The van der Waals surface area contributed by atoms with Crippen LogP contribution in [0.15, 0.2) is 85.1 Å². The van der Waals surface area contributed by atoms with Gasteiger partial charge in [-0.3, -0.25) is 9.48 Å². The fourth-order valence-corrected chi connectivity index (χ4v) is 3.29. The summed E-state index contributed by atoms with van der Waals surface area (Å²) < 4.78 is 7.64. The number of hydrogen-bond acceptors (Lipinski definition) is 3. The molecule has 4 rings (SSSR count). The molecule has 0 saturated carbocycles. The second-order valence-corrected chi connectivity index (χ2v) is 7.63. The Balaban J connectivity index is 1.58. The third-order valence-electron chi connectivity index (χ3n) is 4.81. The van der Waals surface area contributed by atoms with Gasteiger partial charge in [-0.05, 0) is 35.7 Å². The van der Waals surface area contributed by atoms with Crippen LogP contribution in [-0.4, -0.2) is 15.7 Å². The molecule has 0 radical (unpaired) electrons. The summed E-state index contributed by atoms with van der Waals surface area (Å²) in [6.07, 6.45) is 1.71. The third-order valence-corrected chi connectivity index (χ3v) is 5.22. The predicted octanol–water partition coefficient (Wildman–Crippen LogP) is 5.72. The number of aryl methyl sites for hydroxylation is 1. The maximum Gasteiger partial charge on any atom is 0.262 e. The number of benzene rings is 3. The molecular weight excluding hydrogens is 410 g/mol. The first kappa shape index (κ1) is 20.7. The molecule has 156 valence electrons. The number of nitrogens with zero attached hydrogens (tertiary/aromatic N) is 2. The van der Waals surface area contributed by atoms with Crippen molar-refractivity contribution in [3.63, 3.8) is 0 Å². The average Bonchev–Trinajstić information content (AvgIpc) is 3.19. The Morgan fingerprint density at radius 3 is 2.35 bits per heavy atom. The van der Waals surface area contributed by atoms with Crippen molar-refractivity contribution in [3.05, 3.63) is 112 Å². The second kappa shape index (κ2) is 9.49. The van der Waals surface area contributed by atoms with Crippen LogP contribution in [0.1, 0.15) is 27.0 Å². The molecule has 4 aromatic rings. The van der Waals surface area contributed by atoms with Gasteiger partial charge in [-0.25, -0.2) is 0 Å². The fourth-order valence-electron chi connectivity index (χ4n) is 3.11. The molecule has 6 heteroatoms. The molecule has 1 heterocycles. The number of nitrogens with one attached hydrogen (secondary N) is 1. The molecular formula is C25H22ClN3O2. The van der Waals surface area contributed by atoms with Crippen LogP contribution in [0.25, 0.3) is 0 Å². The van der Waals surface area contributed by atoms with E-state index >= 15 is 0 Å². The van der Waals surface area contributed by atoms with Gasteiger partial charge in [-0.2, -0.15) is 0 Å². The van der Waals surface area contributed by atoms with E-state index in [0.717, 1.165) is 16.7 Å². The molecule has 5 nitrogen and oxygen atoms in total. The molecule has 0 aliphatic rings. The standard InChI is InChI=1S/C25H22ClN3O2/c1-18-12-13-21(14-23(18)26)27-24(30)22-16-29(15-19-8-4-2-5-9-19)28-25(22)31-17-20-10-6-3-7-11-20/h2-14,16H,15,17H2,1H3,(H,27,30). The van der Waals surface area contributed by atoms with Gasteiger partial charge in [0.25, 0.3) is 5.91 Å². The highest BCUT2D eigenvalue weighted by Gasteiger charge is 2.19. The minimum Gasteiger partial charge on any atom is -0.471 e. The lowest BCUT2D eigenvalue weighted by Gasteiger charge is -2.08. The molecule has 0 aliphatic heterocycles. The summed E-state index contributed by atoms with van der Waals surface area (Å²) in [6.45, 7) is 2.77. The summed E-state index contributed by atoms with van der Waals surface area (Å²) >= 11 is 6.19. The highest BCUT2D eigenvalue weighted by molar-refractivity contribution is 6.31. The Bertz CT molecular complexity index is 1170. The largest absolute Gasteiger partial charge is 0.471 e. The van der Waals surface area contributed by atoms with Crippen molar-refractivity contribution < 1.29 is 9.53 Å². The number of aromatic nitrogens is 2. The van der Waals surface area contributed by atoms with Gasteiger partial charge in [0, 0.05) is 16.9 Å². The molecule has 0 atom stereocenters. The second-order valence-electron chi connectivity index (χ2n) is 7.22. The molecule has 0 unspecified atom stereocenters. The van der Waals surface area contributed by atoms with E-state index in [1.165, 1.54) is 0 Å². The molecule has 31 heavy (non-hydrogen) atoms. The van der Waals surface area contributed by atoms with Crippen molar-refractivity contribution in [2.45, 2.75) is 20.1 Å². The summed E-state index contributed by atoms with van der Waals surface area (Å²) in [5.74, 6) is -0.0159. The van der Waals surface area contributed by atoms with E-state index in [2.05, 4.69) is 10.4 Å². The van der Waals surface area contributed by atoms with Crippen LogP contribution in [0.4, 0.5) is 5.69 Å². The Kier molecular flexibility index (Phi) is 6.34. The molecule has 1 aromatic heterocycles. The molecule has 0 saturated heterocycles. The Hall–Kier alpha value is -3.57. The minimum atomic E-state index is -0.303. The lowest BCUT2D eigenvalue weighted by Crippen LogP contribution is -2.13. The molecule has 1 N–H and O–H groups in total. The number of ether oxygens (including phenoxy) is 1. The quantitative estimate of drug-likeness (QED) is 0.407. The van der Waals surface area contributed by atoms with Crippen molar-refractivity contribution in [2.24, 2.45) is 0 Å². The van der Waals surface area contributed by atoms with Crippen molar-refractivity contribution in [1.29, 1.82) is 0 Å². The van der Waals surface area contributed by atoms with Gasteiger partial charge in [0.05, 0.1) is 6.54 Å². The highest BCUT2D eigenvalue weighted by atomic mass is 35.5. The van der Waals surface area contributed by atoms with E-state index in [4.69, 9.17) is 16.3 Å². The molecule has 0 spiro atoms. The summed E-state index contributed by atoms with van der Waals surface area (Å²) in [4.78, 5) is 13.0. The molecule has 1 amide bonds. The van der Waals surface area contributed by atoms with E-state index < -0.39 is 0 Å². The van der Waals surface area contributed by atoms with Crippen molar-refractivity contribution in [3.8, 4) is 5.88 Å². The van der Waals surface area contributed by atoms with E-state index in [-0.39, 0.29) is 11.8 Å². The van der Waals surface area contributed by atoms with Crippen LogP contribution < -0.4 is 10.1 Å². The van der Waals surface area contributed by atoms with Crippen molar-refractivity contribution in [1.82, 2.24) is 9.78 Å². The molecule has 0 fully saturated rings. The van der Waals surface area contributed by atoms with E-state index in [1.807, 2.05) is 79.7 Å². The minimum absolute atomic E-state index is 0.287. The Morgan fingerprint density at radius 2 is 1.68 bits per heavy atom. The number of rotatable bonds is 7.